The summed E-state index contributed by atoms with van der Waals surface area (Å²) in [4.78, 5) is 14.6. The Morgan fingerprint density at radius 2 is 1.56 bits per heavy atom. The van der Waals surface area contributed by atoms with Crippen molar-refractivity contribution in [3.8, 4) is 0 Å². The van der Waals surface area contributed by atoms with Crippen molar-refractivity contribution in [2.45, 2.75) is 24.2 Å². The number of nitrogens with one attached hydrogen (secondary N) is 1. The predicted octanol–water partition coefficient (Wildman–Crippen LogP) is 3.09. The number of benzene rings is 2. The maximum absolute atomic E-state index is 12.2. The first-order chi connectivity index (χ1) is 12.0. The highest BCUT2D eigenvalue weighted by atomic mass is 32.2. The second kappa shape index (κ2) is 7.70. The molecule has 132 valence electrons. The Hall–Kier alpha value is -2.34. The van der Waals surface area contributed by atoms with Crippen LogP contribution in [0.5, 0.6) is 0 Å². The molecule has 0 aromatic heterocycles. The molecule has 0 aliphatic carbocycles. The van der Waals surface area contributed by atoms with Gasteiger partial charge in [0.15, 0.2) is 9.84 Å². The molecule has 3 rings (SSSR count). The zero-order valence-electron chi connectivity index (χ0n) is 14.0. The summed E-state index contributed by atoms with van der Waals surface area (Å²) in [6.07, 6.45) is 3.69. The Kier molecular flexibility index (Phi) is 5.38. The molecule has 0 saturated carbocycles. The molecule has 0 spiro atoms. The highest BCUT2D eigenvalue weighted by Crippen LogP contribution is 2.22. The smallest absolute Gasteiger partial charge is 0.239 e. The number of carbonyl (C=O) groups excluding carboxylic acids is 1. The molecule has 0 bridgehead atoms. The number of hydrogen-bond acceptors (Lipinski definition) is 4. The van der Waals surface area contributed by atoms with Gasteiger partial charge in [0, 0.05) is 24.5 Å². The lowest BCUT2D eigenvalue weighted by Gasteiger charge is -2.28. The zero-order valence-corrected chi connectivity index (χ0v) is 14.8. The quantitative estimate of drug-likeness (QED) is 0.892. The van der Waals surface area contributed by atoms with Crippen LogP contribution >= 0.6 is 0 Å². The van der Waals surface area contributed by atoms with Gasteiger partial charge in [-0.05, 0) is 55.7 Å². The van der Waals surface area contributed by atoms with Gasteiger partial charge in [-0.15, -0.1) is 0 Å². The first kappa shape index (κ1) is 17.5. The fraction of sp³-hybridized carbons (Fsp3) is 0.316. The van der Waals surface area contributed by atoms with Crippen molar-refractivity contribution in [3.05, 3.63) is 54.6 Å². The molecule has 0 unspecified atom stereocenters. The average Bonchev–Trinajstić information content (AvgIpc) is 2.63. The van der Waals surface area contributed by atoms with Crippen LogP contribution < -0.4 is 10.2 Å². The van der Waals surface area contributed by atoms with Crippen LogP contribution in [-0.4, -0.2) is 33.2 Å². The third kappa shape index (κ3) is 4.60. The Labute approximate surface area is 148 Å². The van der Waals surface area contributed by atoms with Crippen molar-refractivity contribution in [2.75, 3.05) is 29.1 Å². The lowest BCUT2D eigenvalue weighted by atomic mass is 10.1. The van der Waals surface area contributed by atoms with E-state index in [0.29, 0.717) is 5.69 Å². The number of nitrogens with zero attached hydrogens (tertiary/aromatic N) is 1. The highest BCUT2D eigenvalue weighted by molar-refractivity contribution is 7.92. The topological polar surface area (TPSA) is 66.5 Å². The van der Waals surface area contributed by atoms with E-state index in [4.69, 9.17) is 0 Å². The summed E-state index contributed by atoms with van der Waals surface area (Å²) in [5.74, 6) is -1.10. The lowest BCUT2D eigenvalue weighted by Crippen LogP contribution is -2.29. The van der Waals surface area contributed by atoms with Gasteiger partial charge in [-0.1, -0.05) is 18.2 Å². The van der Waals surface area contributed by atoms with Gasteiger partial charge in [-0.2, -0.15) is 0 Å². The van der Waals surface area contributed by atoms with E-state index in [9.17, 15) is 13.2 Å². The molecule has 1 saturated heterocycles. The van der Waals surface area contributed by atoms with Crippen molar-refractivity contribution >= 4 is 27.1 Å². The van der Waals surface area contributed by atoms with Crippen LogP contribution in [0.1, 0.15) is 19.3 Å². The van der Waals surface area contributed by atoms with Gasteiger partial charge in [-0.25, -0.2) is 8.42 Å². The summed E-state index contributed by atoms with van der Waals surface area (Å²) < 4.78 is 24.5. The summed E-state index contributed by atoms with van der Waals surface area (Å²) in [5, 5.41) is 2.66. The monoisotopic (exact) mass is 358 g/mol. The van der Waals surface area contributed by atoms with Gasteiger partial charge in [0.25, 0.3) is 0 Å². The Morgan fingerprint density at radius 1 is 0.920 bits per heavy atom. The summed E-state index contributed by atoms with van der Waals surface area (Å²) >= 11 is 0. The van der Waals surface area contributed by atoms with Gasteiger partial charge >= 0.3 is 0 Å². The summed E-state index contributed by atoms with van der Waals surface area (Å²) in [5.41, 5.74) is 1.74. The first-order valence-electron chi connectivity index (χ1n) is 8.47. The van der Waals surface area contributed by atoms with E-state index in [0.717, 1.165) is 18.8 Å². The molecule has 25 heavy (non-hydrogen) atoms. The largest absolute Gasteiger partial charge is 0.372 e. The first-order valence-corrected chi connectivity index (χ1v) is 10.1. The number of rotatable bonds is 5. The van der Waals surface area contributed by atoms with E-state index in [-0.39, 0.29) is 4.90 Å². The number of sulfone groups is 1. The third-order valence-corrected chi connectivity index (χ3v) is 5.93. The summed E-state index contributed by atoms with van der Waals surface area (Å²) in [7, 11) is -3.63. The lowest BCUT2D eigenvalue weighted by molar-refractivity contribution is -0.113. The maximum atomic E-state index is 12.2. The van der Waals surface area contributed by atoms with Gasteiger partial charge in [0.1, 0.15) is 5.75 Å². The van der Waals surface area contributed by atoms with Gasteiger partial charge in [-0.3, -0.25) is 4.79 Å². The number of hydrogen-bond donors (Lipinski definition) is 1. The minimum absolute atomic E-state index is 0.158. The molecule has 1 aliphatic heterocycles. The second-order valence-corrected chi connectivity index (χ2v) is 8.20. The number of anilines is 2. The van der Waals surface area contributed by atoms with Crippen LogP contribution in [0.3, 0.4) is 0 Å². The molecule has 0 atom stereocenters. The fourth-order valence-electron chi connectivity index (χ4n) is 2.99. The van der Waals surface area contributed by atoms with Crippen LogP contribution in [0.15, 0.2) is 59.5 Å². The second-order valence-electron chi connectivity index (χ2n) is 6.21. The predicted molar refractivity (Wildman–Crippen MR) is 99.6 cm³/mol. The third-order valence-electron chi connectivity index (χ3n) is 4.30. The highest BCUT2D eigenvalue weighted by Gasteiger charge is 2.19. The molecule has 1 N–H and O–H groups in total. The Morgan fingerprint density at radius 3 is 2.20 bits per heavy atom. The SMILES string of the molecule is O=C(CS(=O)(=O)c1ccccc1)Nc1ccc(N2CCCCC2)cc1. The van der Waals surface area contributed by atoms with E-state index in [2.05, 4.69) is 10.2 Å². The van der Waals surface area contributed by atoms with E-state index in [1.165, 1.54) is 31.4 Å². The Balaban J connectivity index is 1.61. The maximum Gasteiger partial charge on any atom is 0.239 e. The van der Waals surface area contributed by atoms with Gasteiger partial charge in [0.2, 0.25) is 5.91 Å². The standard InChI is InChI=1S/C19H22N2O3S/c22-19(15-25(23,24)18-7-3-1-4-8-18)20-16-9-11-17(12-10-16)21-13-5-2-6-14-21/h1,3-4,7-12H,2,5-6,13-15H2,(H,20,22). The molecular formula is C19H22N2O3S. The van der Waals surface area contributed by atoms with Crippen LogP contribution in [-0.2, 0) is 14.6 Å². The molecule has 1 fully saturated rings. The number of piperidine rings is 1. The molecule has 2 aromatic rings. The van der Waals surface area contributed by atoms with Crippen molar-refractivity contribution in [1.29, 1.82) is 0 Å². The van der Waals surface area contributed by atoms with E-state index < -0.39 is 21.5 Å². The van der Waals surface area contributed by atoms with Crippen molar-refractivity contribution in [1.82, 2.24) is 0 Å². The minimum atomic E-state index is -3.63. The van der Waals surface area contributed by atoms with E-state index >= 15 is 0 Å². The fourth-order valence-corrected chi connectivity index (χ4v) is 4.14. The average molecular weight is 358 g/mol. The van der Waals surface area contributed by atoms with Crippen molar-refractivity contribution in [2.24, 2.45) is 0 Å². The van der Waals surface area contributed by atoms with Crippen LogP contribution in [0, 0.1) is 0 Å². The summed E-state index contributed by atoms with van der Waals surface area (Å²) in [6, 6.07) is 15.6. The van der Waals surface area contributed by atoms with Crippen molar-refractivity contribution in [3.63, 3.8) is 0 Å². The molecule has 2 aromatic carbocycles. The molecule has 0 radical (unpaired) electrons. The number of amides is 1. The van der Waals surface area contributed by atoms with Crippen molar-refractivity contribution < 1.29 is 13.2 Å². The van der Waals surface area contributed by atoms with Crippen LogP contribution in [0.25, 0.3) is 0 Å². The number of carbonyl (C=O) groups is 1. The molecule has 5 nitrogen and oxygen atoms in total. The van der Waals surface area contributed by atoms with Crippen LogP contribution in [0.2, 0.25) is 0 Å². The van der Waals surface area contributed by atoms with Gasteiger partial charge < -0.3 is 10.2 Å². The van der Waals surface area contributed by atoms with E-state index in [1.54, 1.807) is 18.2 Å². The minimum Gasteiger partial charge on any atom is -0.372 e. The zero-order chi connectivity index (χ0) is 17.7. The molecule has 6 heteroatoms. The molecule has 1 heterocycles. The molecule has 1 aliphatic rings. The normalized spacial score (nSPS) is 15.0. The van der Waals surface area contributed by atoms with E-state index in [1.807, 2.05) is 24.3 Å². The summed E-state index contributed by atoms with van der Waals surface area (Å²) in [6.45, 7) is 2.11. The Bertz CT molecular complexity index is 812. The molecular weight excluding hydrogens is 336 g/mol. The van der Waals surface area contributed by atoms with Crippen LogP contribution in [0.4, 0.5) is 11.4 Å². The molecule has 1 amide bonds. The van der Waals surface area contributed by atoms with Gasteiger partial charge in [0.05, 0.1) is 4.90 Å².